The molecule has 0 fully saturated rings. The van der Waals surface area contributed by atoms with Crippen LogP contribution in [0.1, 0.15) is 13.8 Å². The van der Waals surface area contributed by atoms with Gasteiger partial charge in [-0.15, -0.1) is 0 Å². The zero-order valence-corrected chi connectivity index (χ0v) is 4.49. The molecule has 0 heteroatoms. The highest BCUT2D eigenvalue weighted by Gasteiger charge is 1.87. The lowest BCUT2D eigenvalue weighted by Gasteiger charge is -1.97. The maximum Gasteiger partial charge on any atom is -0.0237 e. The van der Waals surface area contributed by atoms with Gasteiger partial charge in [-0.1, -0.05) is 19.1 Å². The minimum absolute atomic E-state index is 0.407. The van der Waals surface area contributed by atoms with Crippen LogP contribution in [0.4, 0.5) is 0 Å². The Kier molecular flexibility index (Phi) is 1.93. The molecule has 0 saturated heterocycles. The van der Waals surface area contributed by atoms with Gasteiger partial charge in [-0.25, -0.2) is 0 Å². The highest BCUT2D eigenvalue weighted by atomic mass is 13.9. The van der Waals surface area contributed by atoms with Gasteiger partial charge in [0.05, 0.1) is 0 Å². The molecule has 0 aromatic heterocycles. The molecule has 0 nitrogen and oxygen atoms in total. The molecule has 0 amide bonds. The van der Waals surface area contributed by atoms with Gasteiger partial charge >= 0.3 is 0 Å². The summed E-state index contributed by atoms with van der Waals surface area (Å²) < 4.78 is 0. The van der Waals surface area contributed by atoms with E-state index in [1.807, 2.05) is 13.8 Å². The van der Waals surface area contributed by atoms with Crippen LogP contribution in [-0.4, -0.2) is 0 Å². The predicted octanol–water partition coefficient (Wildman–Crippen LogP) is 2.03. The fourth-order valence-corrected chi connectivity index (χ4v) is 0. The summed E-state index contributed by atoms with van der Waals surface area (Å²) in [6, 6.07) is 0. The molecule has 0 aromatic rings. The van der Waals surface area contributed by atoms with Gasteiger partial charge in [0.25, 0.3) is 0 Å². The van der Waals surface area contributed by atoms with Crippen molar-refractivity contribution in [3.05, 3.63) is 19.1 Å². The molecule has 1 radical (unpaired) electrons. The van der Waals surface area contributed by atoms with Gasteiger partial charge in [-0.2, -0.15) is 0 Å². The second-order valence-electron chi connectivity index (χ2n) is 1.75. The average Bonchev–Trinajstić information content (AvgIpc) is 1.36. The van der Waals surface area contributed by atoms with Crippen molar-refractivity contribution in [2.24, 2.45) is 5.92 Å². The second kappa shape index (κ2) is 2.01. The first-order valence-electron chi connectivity index (χ1n) is 2.13. The summed E-state index contributed by atoms with van der Waals surface area (Å²) in [5.74, 6) is 0.407. The van der Waals surface area contributed by atoms with Crippen LogP contribution in [0, 0.1) is 12.8 Å². The summed E-state index contributed by atoms with van der Waals surface area (Å²) in [6.07, 6.45) is 0. The third-order valence-corrected chi connectivity index (χ3v) is 0.841. The Labute approximate surface area is 39.9 Å². The number of hydrogen-bond donors (Lipinski definition) is 0. The predicted molar refractivity (Wildman–Crippen MR) is 29.3 cm³/mol. The van der Waals surface area contributed by atoms with E-state index < -0.39 is 0 Å². The highest BCUT2D eigenvalue weighted by molar-refractivity contribution is 4.94. The first-order valence-corrected chi connectivity index (χ1v) is 2.13. The minimum Gasteiger partial charge on any atom is -0.0999 e. The van der Waals surface area contributed by atoms with E-state index in [2.05, 4.69) is 13.5 Å². The van der Waals surface area contributed by atoms with Crippen LogP contribution in [0.3, 0.4) is 0 Å². The molecule has 0 aliphatic rings. The monoisotopic (exact) mass is 83.1 g/mol. The van der Waals surface area contributed by atoms with Crippen molar-refractivity contribution in [3.8, 4) is 0 Å². The van der Waals surface area contributed by atoms with Crippen molar-refractivity contribution in [2.75, 3.05) is 0 Å². The van der Waals surface area contributed by atoms with Gasteiger partial charge in [0, 0.05) is 0 Å². The van der Waals surface area contributed by atoms with E-state index in [1.54, 1.807) is 0 Å². The minimum atomic E-state index is 0.407. The Morgan fingerprint density at radius 3 is 1.83 bits per heavy atom. The van der Waals surface area contributed by atoms with Crippen LogP contribution in [0.15, 0.2) is 12.2 Å². The van der Waals surface area contributed by atoms with E-state index in [4.69, 9.17) is 0 Å². The summed E-state index contributed by atoms with van der Waals surface area (Å²) in [6.45, 7) is 11.4. The molecule has 0 aliphatic carbocycles. The van der Waals surface area contributed by atoms with Gasteiger partial charge < -0.3 is 0 Å². The molecule has 0 spiro atoms. The Morgan fingerprint density at radius 1 is 1.67 bits per heavy atom. The van der Waals surface area contributed by atoms with Crippen molar-refractivity contribution in [2.45, 2.75) is 13.8 Å². The third kappa shape index (κ3) is 2.01. The Hall–Kier alpha value is -0.260. The van der Waals surface area contributed by atoms with Crippen LogP contribution in [0.2, 0.25) is 0 Å². The number of hydrogen-bond acceptors (Lipinski definition) is 0. The molecule has 0 aliphatic heterocycles. The standard InChI is InChI=1S/C6H11/c1-5(2)6(3)4/h5H,1,3H2,2,4H3/t5-/m0/s1. The topological polar surface area (TPSA) is 0 Å². The molecule has 0 aromatic carbocycles. The van der Waals surface area contributed by atoms with E-state index in [1.165, 1.54) is 0 Å². The summed E-state index contributed by atoms with van der Waals surface area (Å²) in [5.41, 5.74) is 1.15. The molecule has 0 unspecified atom stereocenters. The molecule has 0 bridgehead atoms. The van der Waals surface area contributed by atoms with Crippen molar-refractivity contribution in [1.29, 1.82) is 0 Å². The number of rotatable bonds is 1. The lowest BCUT2D eigenvalue weighted by Crippen LogP contribution is -1.84. The van der Waals surface area contributed by atoms with Gasteiger partial charge in [0.15, 0.2) is 0 Å². The largest absolute Gasteiger partial charge is 0.0999 e. The van der Waals surface area contributed by atoms with Gasteiger partial charge in [-0.05, 0) is 19.8 Å². The van der Waals surface area contributed by atoms with E-state index in [0.717, 1.165) is 5.57 Å². The van der Waals surface area contributed by atoms with Crippen LogP contribution in [0.5, 0.6) is 0 Å². The molecule has 0 rings (SSSR count). The number of allylic oxidation sites excluding steroid dienone is 1. The zero-order valence-electron chi connectivity index (χ0n) is 4.49. The molecule has 6 heavy (non-hydrogen) atoms. The first kappa shape index (κ1) is 5.74. The SMILES string of the molecule is [CH2][C@@H](C)C(=C)C. The van der Waals surface area contributed by atoms with E-state index in [0.29, 0.717) is 5.92 Å². The van der Waals surface area contributed by atoms with Crippen molar-refractivity contribution >= 4 is 0 Å². The molecule has 0 N–H and O–H groups in total. The van der Waals surface area contributed by atoms with Crippen LogP contribution in [0.25, 0.3) is 0 Å². The van der Waals surface area contributed by atoms with Gasteiger partial charge in [-0.3, -0.25) is 0 Å². The maximum atomic E-state index is 3.74. The second-order valence-corrected chi connectivity index (χ2v) is 1.75. The van der Waals surface area contributed by atoms with Crippen molar-refractivity contribution < 1.29 is 0 Å². The lowest BCUT2D eigenvalue weighted by atomic mass is 10.1. The van der Waals surface area contributed by atoms with Crippen molar-refractivity contribution in [3.63, 3.8) is 0 Å². The summed E-state index contributed by atoms with van der Waals surface area (Å²) in [5, 5.41) is 0. The van der Waals surface area contributed by atoms with Crippen LogP contribution >= 0.6 is 0 Å². The van der Waals surface area contributed by atoms with E-state index in [9.17, 15) is 0 Å². The highest BCUT2D eigenvalue weighted by Crippen LogP contribution is 2.01. The Balaban J connectivity index is 3.26. The van der Waals surface area contributed by atoms with Crippen molar-refractivity contribution in [1.82, 2.24) is 0 Å². The molecule has 0 heterocycles. The maximum absolute atomic E-state index is 3.74. The Bertz CT molecular complexity index is 51.1. The molecular formula is C6H11. The van der Waals surface area contributed by atoms with E-state index >= 15 is 0 Å². The molecule has 35 valence electrons. The summed E-state index contributed by atoms with van der Waals surface area (Å²) in [7, 11) is 0. The summed E-state index contributed by atoms with van der Waals surface area (Å²) >= 11 is 0. The Morgan fingerprint density at radius 2 is 1.83 bits per heavy atom. The molecule has 0 saturated carbocycles. The third-order valence-electron chi connectivity index (χ3n) is 0.841. The van der Waals surface area contributed by atoms with Gasteiger partial charge in [0.2, 0.25) is 0 Å². The fraction of sp³-hybridized carbons (Fsp3) is 0.500. The summed E-state index contributed by atoms with van der Waals surface area (Å²) in [4.78, 5) is 0. The first-order chi connectivity index (χ1) is 2.64. The lowest BCUT2D eigenvalue weighted by molar-refractivity contribution is 0.864. The zero-order chi connectivity index (χ0) is 5.15. The fourth-order valence-electron chi connectivity index (χ4n) is 0. The van der Waals surface area contributed by atoms with Gasteiger partial charge in [0.1, 0.15) is 0 Å². The molecular weight excluding hydrogens is 72.1 g/mol. The smallest absolute Gasteiger partial charge is 0.0237 e. The molecule has 1 atom stereocenters. The normalized spacial score (nSPS) is 9.33. The quantitative estimate of drug-likeness (QED) is 0.425. The average molecular weight is 83.2 g/mol. The van der Waals surface area contributed by atoms with Crippen LogP contribution < -0.4 is 0 Å². The van der Waals surface area contributed by atoms with E-state index in [-0.39, 0.29) is 0 Å². The van der Waals surface area contributed by atoms with Crippen LogP contribution in [-0.2, 0) is 0 Å².